The fourth-order valence-corrected chi connectivity index (χ4v) is 2.54. The van der Waals surface area contributed by atoms with E-state index in [1.807, 2.05) is 18.2 Å². The van der Waals surface area contributed by atoms with E-state index in [2.05, 4.69) is 0 Å². The molecule has 0 aliphatic carbocycles. The lowest BCUT2D eigenvalue weighted by Crippen LogP contribution is -2.01. The summed E-state index contributed by atoms with van der Waals surface area (Å²) in [6.07, 6.45) is 0. The number of carbonyl (C=O) groups is 2. The molecule has 0 unspecified atom stereocenters. The summed E-state index contributed by atoms with van der Waals surface area (Å²) in [5, 5.41) is 0. The van der Waals surface area contributed by atoms with Gasteiger partial charge in [-0.05, 0) is 37.3 Å². The number of hydrogen-bond donors (Lipinski definition) is 0. The second-order valence-corrected chi connectivity index (χ2v) is 5.68. The van der Waals surface area contributed by atoms with Gasteiger partial charge in [0.1, 0.15) is 29.4 Å². The van der Waals surface area contributed by atoms with Crippen molar-refractivity contribution in [2.45, 2.75) is 13.5 Å². The highest BCUT2D eigenvalue weighted by atomic mass is 16.5. The molecule has 0 bridgehead atoms. The first kappa shape index (κ1) is 17.5. The molecule has 0 atom stereocenters. The summed E-state index contributed by atoms with van der Waals surface area (Å²) in [6.45, 7) is 1.86. The van der Waals surface area contributed by atoms with E-state index in [4.69, 9.17) is 13.9 Å². The van der Waals surface area contributed by atoms with Crippen molar-refractivity contribution in [1.29, 1.82) is 0 Å². The van der Waals surface area contributed by atoms with E-state index in [0.717, 1.165) is 0 Å². The zero-order valence-electron chi connectivity index (χ0n) is 14.5. The normalized spacial score (nSPS) is 10.4. The summed E-state index contributed by atoms with van der Waals surface area (Å²) in [5.74, 6) is 1.12. The monoisotopic (exact) mass is 350 g/mol. The summed E-state index contributed by atoms with van der Waals surface area (Å²) < 4.78 is 15.8. The number of ketones is 1. The van der Waals surface area contributed by atoms with Crippen LogP contribution in [0.3, 0.4) is 0 Å². The number of benzene rings is 2. The summed E-state index contributed by atoms with van der Waals surface area (Å²) >= 11 is 0. The first-order valence-electron chi connectivity index (χ1n) is 8.08. The van der Waals surface area contributed by atoms with Gasteiger partial charge in [-0.3, -0.25) is 4.79 Å². The Hall–Kier alpha value is -3.34. The van der Waals surface area contributed by atoms with Crippen molar-refractivity contribution in [3.63, 3.8) is 0 Å². The van der Waals surface area contributed by atoms with Gasteiger partial charge in [0, 0.05) is 11.1 Å². The van der Waals surface area contributed by atoms with Crippen LogP contribution in [0.25, 0.3) is 0 Å². The van der Waals surface area contributed by atoms with E-state index in [-0.39, 0.29) is 12.4 Å². The molecule has 0 aliphatic rings. The first-order chi connectivity index (χ1) is 12.6. The van der Waals surface area contributed by atoms with Gasteiger partial charge >= 0.3 is 5.97 Å². The molecule has 3 rings (SSSR count). The predicted octanol–water partition coefficient (Wildman–Crippen LogP) is 4.18. The van der Waals surface area contributed by atoms with Crippen molar-refractivity contribution in [2.75, 3.05) is 7.11 Å². The van der Waals surface area contributed by atoms with Crippen LogP contribution in [0.5, 0.6) is 5.75 Å². The molecule has 0 aliphatic heterocycles. The van der Waals surface area contributed by atoms with Crippen LogP contribution < -0.4 is 4.74 Å². The molecule has 0 N–H and O–H groups in total. The topological polar surface area (TPSA) is 65.7 Å². The number of carbonyl (C=O) groups excluding carboxylic acids is 2. The number of hydrogen-bond acceptors (Lipinski definition) is 5. The quantitative estimate of drug-likeness (QED) is 0.493. The molecule has 132 valence electrons. The number of ether oxygens (including phenoxy) is 2. The number of aryl methyl sites for hydroxylation is 1. The van der Waals surface area contributed by atoms with E-state index in [1.54, 1.807) is 49.4 Å². The van der Waals surface area contributed by atoms with Gasteiger partial charge in [0.05, 0.1) is 7.11 Å². The Morgan fingerprint density at radius 2 is 1.62 bits per heavy atom. The highest BCUT2D eigenvalue weighted by Gasteiger charge is 2.15. The van der Waals surface area contributed by atoms with Gasteiger partial charge in [-0.1, -0.05) is 30.3 Å². The Kier molecular flexibility index (Phi) is 5.17. The van der Waals surface area contributed by atoms with Gasteiger partial charge in [-0.2, -0.15) is 0 Å². The van der Waals surface area contributed by atoms with Crippen LogP contribution in [-0.4, -0.2) is 18.9 Å². The van der Waals surface area contributed by atoms with Crippen molar-refractivity contribution < 1.29 is 23.5 Å². The molecule has 0 fully saturated rings. The predicted molar refractivity (Wildman–Crippen MR) is 95.4 cm³/mol. The molecule has 0 amide bonds. The molecule has 2 aromatic carbocycles. The summed E-state index contributed by atoms with van der Waals surface area (Å²) in [4.78, 5) is 24.0. The SMILES string of the molecule is COC(=O)c1cc(COc2ccc(C(=O)c3ccccc3)cc2)oc1C. The second-order valence-electron chi connectivity index (χ2n) is 5.68. The molecule has 26 heavy (non-hydrogen) atoms. The van der Waals surface area contributed by atoms with E-state index in [9.17, 15) is 9.59 Å². The zero-order chi connectivity index (χ0) is 18.5. The molecule has 0 spiro atoms. The standard InChI is InChI=1S/C21H18O5/c1-14-19(21(23)24-2)12-18(26-14)13-25-17-10-8-16(9-11-17)20(22)15-6-4-3-5-7-15/h3-12H,13H2,1-2H3. The highest BCUT2D eigenvalue weighted by Crippen LogP contribution is 2.20. The lowest BCUT2D eigenvalue weighted by atomic mass is 10.0. The van der Waals surface area contributed by atoms with Crippen LogP contribution in [0.2, 0.25) is 0 Å². The molecule has 1 aromatic heterocycles. The third-order valence-corrected chi connectivity index (χ3v) is 3.91. The Morgan fingerprint density at radius 3 is 2.27 bits per heavy atom. The van der Waals surface area contributed by atoms with Crippen molar-refractivity contribution in [3.8, 4) is 5.75 Å². The summed E-state index contributed by atoms with van der Waals surface area (Å²) in [6, 6.07) is 17.6. The summed E-state index contributed by atoms with van der Waals surface area (Å²) in [5.41, 5.74) is 1.61. The van der Waals surface area contributed by atoms with Crippen LogP contribution in [0.1, 0.15) is 37.8 Å². The lowest BCUT2D eigenvalue weighted by molar-refractivity contribution is 0.0598. The van der Waals surface area contributed by atoms with Crippen molar-refractivity contribution in [2.24, 2.45) is 0 Å². The average Bonchev–Trinajstić information content (AvgIpc) is 3.07. The first-order valence-corrected chi connectivity index (χ1v) is 8.08. The molecule has 0 saturated heterocycles. The molecular formula is C21H18O5. The van der Waals surface area contributed by atoms with E-state index >= 15 is 0 Å². The number of rotatable bonds is 6. The fraction of sp³-hybridized carbons (Fsp3) is 0.143. The van der Waals surface area contributed by atoms with Crippen LogP contribution in [0, 0.1) is 6.92 Å². The molecule has 0 radical (unpaired) electrons. The molecule has 5 heteroatoms. The average molecular weight is 350 g/mol. The third kappa shape index (κ3) is 3.83. The Labute approximate surface area is 151 Å². The minimum Gasteiger partial charge on any atom is -0.486 e. The minimum absolute atomic E-state index is 0.0403. The molecular weight excluding hydrogens is 332 g/mol. The van der Waals surface area contributed by atoms with Crippen molar-refractivity contribution in [1.82, 2.24) is 0 Å². The Bertz CT molecular complexity index is 907. The van der Waals surface area contributed by atoms with Crippen LogP contribution in [0.4, 0.5) is 0 Å². The Balaban J connectivity index is 1.65. The minimum atomic E-state index is -0.443. The van der Waals surface area contributed by atoms with Crippen LogP contribution in [-0.2, 0) is 11.3 Å². The highest BCUT2D eigenvalue weighted by molar-refractivity contribution is 6.08. The smallest absolute Gasteiger partial charge is 0.341 e. The Morgan fingerprint density at radius 1 is 0.962 bits per heavy atom. The van der Waals surface area contributed by atoms with E-state index < -0.39 is 5.97 Å². The van der Waals surface area contributed by atoms with Gasteiger partial charge in [-0.15, -0.1) is 0 Å². The van der Waals surface area contributed by atoms with Gasteiger partial charge in [0.2, 0.25) is 0 Å². The lowest BCUT2D eigenvalue weighted by Gasteiger charge is -2.06. The van der Waals surface area contributed by atoms with Crippen LogP contribution in [0.15, 0.2) is 65.1 Å². The fourth-order valence-electron chi connectivity index (χ4n) is 2.54. The largest absolute Gasteiger partial charge is 0.486 e. The molecule has 1 heterocycles. The summed E-state index contributed by atoms with van der Waals surface area (Å²) in [7, 11) is 1.32. The number of methoxy groups -OCH3 is 1. The van der Waals surface area contributed by atoms with E-state index in [0.29, 0.717) is 34.0 Å². The second kappa shape index (κ2) is 7.70. The molecule has 3 aromatic rings. The van der Waals surface area contributed by atoms with Gasteiger partial charge < -0.3 is 13.9 Å². The maximum atomic E-state index is 12.4. The number of furan rings is 1. The van der Waals surface area contributed by atoms with Gasteiger partial charge in [-0.25, -0.2) is 4.79 Å². The van der Waals surface area contributed by atoms with Crippen molar-refractivity contribution >= 4 is 11.8 Å². The van der Waals surface area contributed by atoms with Crippen molar-refractivity contribution in [3.05, 3.63) is 88.9 Å². The molecule has 5 nitrogen and oxygen atoms in total. The molecule has 0 saturated carbocycles. The zero-order valence-corrected chi connectivity index (χ0v) is 14.5. The van der Waals surface area contributed by atoms with Crippen LogP contribution >= 0.6 is 0 Å². The maximum absolute atomic E-state index is 12.4. The van der Waals surface area contributed by atoms with Gasteiger partial charge in [0.15, 0.2) is 5.78 Å². The number of esters is 1. The maximum Gasteiger partial charge on any atom is 0.341 e. The van der Waals surface area contributed by atoms with E-state index in [1.165, 1.54) is 7.11 Å². The third-order valence-electron chi connectivity index (χ3n) is 3.91. The van der Waals surface area contributed by atoms with Gasteiger partial charge in [0.25, 0.3) is 0 Å².